The zero-order chi connectivity index (χ0) is 16.9. The monoisotopic (exact) mass is 313 g/mol. The fourth-order valence-corrected chi connectivity index (χ4v) is 2.14. The van der Waals surface area contributed by atoms with Gasteiger partial charge in [0.1, 0.15) is 24.1 Å². The minimum atomic E-state index is -0.693. The van der Waals surface area contributed by atoms with Gasteiger partial charge in [-0.2, -0.15) is 0 Å². The number of ether oxygens (including phenoxy) is 2. The number of hydrogen-bond acceptors (Lipinski definition) is 4. The third-order valence-electron chi connectivity index (χ3n) is 3.06. The molecule has 1 amide bonds. The SMILES string of the molecule is C/C=C\C(F)=C(/C)[C@H]1OCC(=O)C[C@@H]1NC(=O)OC(C)(C)C. The van der Waals surface area contributed by atoms with E-state index < -0.39 is 29.7 Å². The summed E-state index contributed by atoms with van der Waals surface area (Å²) in [5, 5.41) is 2.60. The molecule has 1 aliphatic heterocycles. The molecule has 0 saturated carbocycles. The molecule has 0 spiro atoms. The summed E-state index contributed by atoms with van der Waals surface area (Å²) in [6.45, 7) is 8.42. The molecule has 0 radical (unpaired) electrons. The second-order valence-electron chi connectivity index (χ2n) is 6.26. The smallest absolute Gasteiger partial charge is 0.407 e. The molecule has 1 fully saturated rings. The lowest BCUT2D eigenvalue weighted by Crippen LogP contribution is -2.51. The number of halogens is 1. The van der Waals surface area contributed by atoms with E-state index in [-0.39, 0.29) is 18.8 Å². The Bertz CT molecular complexity index is 491. The van der Waals surface area contributed by atoms with Crippen LogP contribution in [0.1, 0.15) is 41.0 Å². The standard InChI is InChI=1S/C16H24FNO4/c1-6-7-12(17)10(2)14-13(8-11(19)9-21-14)18-15(20)22-16(3,4)5/h6-7,13-14H,8-9H2,1-5H3,(H,18,20)/b7-6-,12-10-/t13-,14+/m0/s1. The highest BCUT2D eigenvalue weighted by Crippen LogP contribution is 2.23. The normalized spacial score (nSPS) is 24.2. The summed E-state index contributed by atoms with van der Waals surface area (Å²) in [4.78, 5) is 23.4. The predicted octanol–water partition coefficient (Wildman–Crippen LogP) is 3.06. The second kappa shape index (κ2) is 7.54. The van der Waals surface area contributed by atoms with E-state index in [4.69, 9.17) is 9.47 Å². The molecular weight excluding hydrogens is 289 g/mol. The summed E-state index contributed by atoms with van der Waals surface area (Å²) in [6, 6.07) is -0.646. The Hall–Kier alpha value is -1.69. The van der Waals surface area contributed by atoms with Crippen LogP contribution in [0.3, 0.4) is 0 Å². The average Bonchev–Trinajstić information content (AvgIpc) is 2.36. The first-order chi connectivity index (χ1) is 10.1. The minimum Gasteiger partial charge on any atom is -0.444 e. The van der Waals surface area contributed by atoms with E-state index in [1.807, 2.05) is 0 Å². The molecule has 0 aromatic carbocycles. The quantitative estimate of drug-likeness (QED) is 0.813. The number of hydrogen-bond donors (Lipinski definition) is 1. The third kappa shape index (κ3) is 5.60. The average molecular weight is 313 g/mol. The fourth-order valence-electron chi connectivity index (χ4n) is 2.14. The molecule has 0 aromatic rings. The maximum atomic E-state index is 13.9. The molecule has 124 valence electrons. The number of alkyl carbamates (subject to hydrolysis) is 1. The highest BCUT2D eigenvalue weighted by molar-refractivity contribution is 5.82. The van der Waals surface area contributed by atoms with E-state index in [0.717, 1.165) is 0 Å². The Morgan fingerprint density at radius 2 is 2.09 bits per heavy atom. The van der Waals surface area contributed by atoms with Crippen molar-refractivity contribution in [1.29, 1.82) is 0 Å². The lowest BCUT2D eigenvalue weighted by molar-refractivity contribution is -0.131. The lowest BCUT2D eigenvalue weighted by Gasteiger charge is -2.33. The topological polar surface area (TPSA) is 64.6 Å². The summed E-state index contributed by atoms with van der Waals surface area (Å²) in [5.74, 6) is -0.575. The molecule has 1 N–H and O–H groups in total. The Labute approximate surface area is 130 Å². The van der Waals surface area contributed by atoms with Gasteiger partial charge in [-0.3, -0.25) is 4.79 Å². The van der Waals surface area contributed by atoms with E-state index in [1.165, 1.54) is 6.08 Å². The maximum absolute atomic E-state index is 13.9. The van der Waals surface area contributed by atoms with Crippen molar-refractivity contribution < 1.29 is 23.5 Å². The van der Waals surface area contributed by atoms with Gasteiger partial charge in [-0.05, 0) is 46.3 Å². The van der Waals surface area contributed by atoms with Crippen LogP contribution in [-0.4, -0.2) is 36.2 Å². The number of carbonyl (C=O) groups excluding carboxylic acids is 2. The van der Waals surface area contributed by atoms with Crippen molar-refractivity contribution in [2.24, 2.45) is 0 Å². The van der Waals surface area contributed by atoms with Gasteiger partial charge in [0.2, 0.25) is 0 Å². The van der Waals surface area contributed by atoms with E-state index in [1.54, 1.807) is 40.7 Å². The number of ketones is 1. The fraction of sp³-hybridized carbons (Fsp3) is 0.625. The molecule has 1 rings (SSSR count). The summed E-state index contributed by atoms with van der Waals surface area (Å²) in [6.07, 6.45) is 1.63. The molecular formula is C16H24FNO4. The summed E-state index contributed by atoms with van der Waals surface area (Å²) < 4.78 is 24.5. The van der Waals surface area contributed by atoms with Crippen molar-refractivity contribution in [1.82, 2.24) is 5.32 Å². The Balaban J connectivity index is 2.89. The summed E-state index contributed by atoms with van der Waals surface area (Å²) >= 11 is 0. The van der Waals surface area contributed by atoms with Crippen molar-refractivity contribution in [2.75, 3.05) is 6.61 Å². The Morgan fingerprint density at radius 1 is 1.45 bits per heavy atom. The first kappa shape index (κ1) is 18.4. The van der Waals surface area contributed by atoms with Gasteiger partial charge in [0.15, 0.2) is 5.78 Å². The van der Waals surface area contributed by atoms with Gasteiger partial charge >= 0.3 is 6.09 Å². The number of nitrogens with one attached hydrogen (secondary N) is 1. The largest absolute Gasteiger partial charge is 0.444 e. The van der Waals surface area contributed by atoms with E-state index in [2.05, 4.69) is 5.32 Å². The van der Waals surface area contributed by atoms with Crippen LogP contribution in [0, 0.1) is 0 Å². The Morgan fingerprint density at radius 3 is 2.64 bits per heavy atom. The number of amides is 1. The van der Waals surface area contributed by atoms with Crippen LogP contribution in [0.4, 0.5) is 9.18 Å². The summed E-state index contributed by atoms with van der Waals surface area (Å²) in [7, 11) is 0. The van der Waals surface area contributed by atoms with Crippen LogP contribution in [0.25, 0.3) is 0 Å². The van der Waals surface area contributed by atoms with Gasteiger partial charge in [-0.1, -0.05) is 6.08 Å². The minimum absolute atomic E-state index is 0.0857. The van der Waals surface area contributed by atoms with Crippen molar-refractivity contribution in [3.05, 3.63) is 23.6 Å². The number of Topliss-reactive ketones (excluding diaryl/α,β-unsaturated/α-hetero) is 1. The molecule has 0 aromatic heterocycles. The molecule has 0 bridgehead atoms. The van der Waals surface area contributed by atoms with Crippen LogP contribution in [0.2, 0.25) is 0 Å². The molecule has 0 unspecified atom stereocenters. The van der Waals surface area contributed by atoms with E-state index in [0.29, 0.717) is 5.57 Å². The van der Waals surface area contributed by atoms with Crippen LogP contribution in [0.15, 0.2) is 23.6 Å². The zero-order valence-electron chi connectivity index (χ0n) is 13.7. The van der Waals surface area contributed by atoms with Crippen LogP contribution >= 0.6 is 0 Å². The highest BCUT2D eigenvalue weighted by atomic mass is 19.1. The molecule has 0 aliphatic carbocycles. The predicted molar refractivity (Wildman–Crippen MR) is 81.1 cm³/mol. The Kier molecular flexibility index (Phi) is 6.29. The van der Waals surface area contributed by atoms with Crippen molar-refractivity contribution in [3.8, 4) is 0 Å². The van der Waals surface area contributed by atoms with Crippen molar-refractivity contribution >= 4 is 11.9 Å². The number of carbonyl (C=O) groups is 2. The molecule has 1 heterocycles. The molecule has 6 heteroatoms. The number of allylic oxidation sites excluding steroid dienone is 3. The first-order valence-electron chi connectivity index (χ1n) is 7.26. The van der Waals surface area contributed by atoms with Crippen LogP contribution in [-0.2, 0) is 14.3 Å². The third-order valence-corrected chi connectivity index (χ3v) is 3.06. The maximum Gasteiger partial charge on any atom is 0.407 e. The van der Waals surface area contributed by atoms with E-state index in [9.17, 15) is 14.0 Å². The highest BCUT2D eigenvalue weighted by Gasteiger charge is 2.34. The van der Waals surface area contributed by atoms with Crippen molar-refractivity contribution in [3.63, 3.8) is 0 Å². The van der Waals surface area contributed by atoms with Gasteiger partial charge in [-0.25, -0.2) is 9.18 Å². The van der Waals surface area contributed by atoms with Crippen LogP contribution in [0.5, 0.6) is 0 Å². The zero-order valence-corrected chi connectivity index (χ0v) is 13.7. The molecule has 5 nitrogen and oxygen atoms in total. The first-order valence-corrected chi connectivity index (χ1v) is 7.26. The molecule has 2 atom stereocenters. The van der Waals surface area contributed by atoms with Crippen LogP contribution < -0.4 is 5.32 Å². The second-order valence-corrected chi connectivity index (χ2v) is 6.26. The van der Waals surface area contributed by atoms with E-state index >= 15 is 0 Å². The van der Waals surface area contributed by atoms with Gasteiger partial charge in [0, 0.05) is 6.42 Å². The van der Waals surface area contributed by atoms with Gasteiger partial charge < -0.3 is 14.8 Å². The van der Waals surface area contributed by atoms with Crippen molar-refractivity contribution in [2.45, 2.75) is 58.8 Å². The van der Waals surface area contributed by atoms with Gasteiger partial charge in [0.25, 0.3) is 0 Å². The lowest BCUT2D eigenvalue weighted by atomic mass is 9.95. The van der Waals surface area contributed by atoms with Gasteiger partial charge in [-0.15, -0.1) is 0 Å². The number of rotatable bonds is 3. The molecule has 22 heavy (non-hydrogen) atoms. The molecule has 1 saturated heterocycles. The molecule has 1 aliphatic rings. The van der Waals surface area contributed by atoms with Gasteiger partial charge in [0.05, 0.1) is 6.04 Å². The summed E-state index contributed by atoms with van der Waals surface area (Å²) in [5.41, 5.74) is -0.313.